The zero-order valence-electron chi connectivity index (χ0n) is 6.94. The van der Waals surface area contributed by atoms with Crippen molar-refractivity contribution in [1.82, 2.24) is 20.2 Å². The number of rotatable bonds is 2. The molecule has 0 aliphatic carbocycles. The molecule has 7 heteroatoms. The molecule has 70 valence electrons. The van der Waals surface area contributed by atoms with Crippen LogP contribution in [-0.2, 0) is 0 Å². The van der Waals surface area contributed by atoms with Crippen LogP contribution in [0.5, 0.6) is 0 Å². The van der Waals surface area contributed by atoms with Gasteiger partial charge in [0.2, 0.25) is 0 Å². The summed E-state index contributed by atoms with van der Waals surface area (Å²) in [5.41, 5.74) is 0.633. The number of hydrogen-bond donors (Lipinski definition) is 0. The number of para-hydroxylation sites is 1. The second-order valence-corrected chi connectivity index (χ2v) is 2.47. The summed E-state index contributed by atoms with van der Waals surface area (Å²) in [5.74, 6) is -0.506. The molecule has 0 N–H and O–H groups in total. The smallest absolute Gasteiger partial charge is 0.390 e. The molecule has 0 radical (unpaired) electrons. The number of aromatic nitrogens is 4. The van der Waals surface area contributed by atoms with Crippen molar-refractivity contribution < 1.29 is 4.92 Å². The predicted octanol–water partition coefficient (Wildman–Crippen LogP) is 0.570. The summed E-state index contributed by atoms with van der Waals surface area (Å²) in [5, 5.41) is 20.7. The average molecular weight is 191 g/mol. The summed E-state index contributed by atoms with van der Waals surface area (Å²) in [7, 11) is 0. The fourth-order valence-electron chi connectivity index (χ4n) is 0.951. The van der Waals surface area contributed by atoms with E-state index in [9.17, 15) is 10.1 Å². The Labute approximate surface area is 78.1 Å². The third-order valence-electron chi connectivity index (χ3n) is 1.55. The van der Waals surface area contributed by atoms with Crippen molar-refractivity contribution in [2.75, 3.05) is 0 Å². The minimum Gasteiger partial charge on any atom is -0.390 e. The van der Waals surface area contributed by atoms with Crippen LogP contribution in [0.2, 0.25) is 0 Å². The second kappa shape index (κ2) is 3.21. The Morgan fingerprint density at radius 1 is 1.29 bits per heavy atom. The first-order chi connectivity index (χ1) is 6.77. The van der Waals surface area contributed by atoms with Crippen molar-refractivity contribution in [2.45, 2.75) is 0 Å². The minimum absolute atomic E-state index is 0.506. The molecule has 0 aliphatic rings. The second-order valence-electron chi connectivity index (χ2n) is 2.47. The Morgan fingerprint density at radius 3 is 2.57 bits per heavy atom. The van der Waals surface area contributed by atoms with E-state index in [4.69, 9.17) is 0 Å². The van der Waals surface area contributed by atoms with Crippen LogP contribution in [0.25, 0.3) is 5.69 Å². The molecule has 0 atom stereocenters. The van der Waals surface area contributed by atoms with E-state index in [1.165, 1.54) is 0 Å². The molecule has 0 spiro atoms. The summed E-state index contributed by atoms with van der Waals surface area (Å²) in [6.07, 6.45) is 0. The zero-order chi connectivity index (χ0) is 9.97. The maximum Gasteiger partial charge on any atom is 0.515 e. The molecule has 0 saturated carbocycles. The van der Waals surface area contributed by atoms with Crippen molar-refractivity contribution in [2.24, 2.45) is 0 Å². The molecule has 0 bridgehead atoms. The molecule has 2 aromatic rings. The summed E-state index contributed by atoms with van der Waals surface area (Å²) in [4.78, 5) is 10.7. The van der Waals surface area contributed by atoms with E-state index < -0.39 is 10.9 Å². The van der Waals surface area contributed by atoms with Gasteiger partial charge in [0, 0.05) is 0 Å². The quantitative estimate of drug-likeness (QED) is 0.511. The van der Waals surface area contributed by atoms with Gasteiger partial charge in [-0.05, 0) is 17.1 Å². The molecule has 1 heterocycles. The van der Waals surface area contributed by atoms with Crippen molar-refractivity contribution in [1.29, 1.82) is 0 Å². The van der Waals surface area contributed by atoms with Crippen LogP contribution in [0.1, 0.15) is 0 Å². The molecule has 0 saturated heterocycles. The lowest BCUT2D eigenvalue weighted by Crippen LogP contribution is -1.98. The Morgan fingerprint density at radius 2 is 2.00 bits per heavy atom. The SMILES string of the molecule is O=[N+]([O-])c1nnn(-c2ccccc2)n1. The van der Waals surface area contributed by atoms with E-state index in [1.807, 2.05) is 6.07 Å². The van der Waals surface area contributed by atoms with Gasteiger partial charge in [-0.3, -0.25) is 0 Å². The van der Waals surface area contributed by atoms with Gasteiger partial charge in [-0.1, -0.05) is 23.0 Å². The molecule has 7 nitrogen and oxygen atoms in total. The highest BCUT2D eigenvalue weighted by Gasteiger charge is 2.15. The Bertz CT molecular complexity index is 452. The first-order valence-corrected chi connectivity index (χ1v) is 3.77. The molecular formula is C7H5N5O2. The van der Waals surface area contributed by atoms with E-state index in [0.29, 0.717) is 5.69 Å². The molecule has 0 amide bonds. The number of tetrazole rings is 1. The number of nitro groups is 1. The van der Waals surface area contributed by atoms with E-state index in [-0.39, 0.29) is 0 Å². The summed E-state index contributed by atoms with van der Waals surface area (Å²) in [6, 6.07) is 8.85. The van der Waals surface area contributed by atoms with Crippen LogP contribution in [-0.4, -0.2) is 25.1 Å². The van der Waals surface area contributed by atoms with Gasteiger partial charge in [0.05, 0.1) is 15.4 Å². The van der Waals surface area contributed by atoms with Crippen LogP contribution < -0.4 is 0 Å². The van der Waals surface area contributed by atoms with Gasteiger partial charge in [-0.2, -0.15) is 0 Å². The van der Waals surface area contributed by atoms with Crippen LogP contribution in [0, 0.1) is 10.1 Å². The Hall–Kier alpha value is -2.31. The highest BCUT2D eigenvalue weighted by molar-refractivity contribution is 5.28. The van der Waals surface area contributed by atoms with Gasteiger partial charge >= 0.3 is 5.95 Å². The molecule has 0 fully saturated rings. The van der Waals surface area contributed by atoms with E-state index in [2.05, 4.69) is 15.4 Å². The number of hydrogen-bond acceptors (Lipinski definition) is 5. The first-order valence-electron chi connectivity index (χ1n) is 3.77. The standard InChI is InChI=1S/C7H5N5O2/c13-12(14)7-8-10-11(9-7)6-4-2-1-3-5-6/h1-5H. The lowest BCUT2D eigenvalue weighted by Gasteiger charge is -1.90. The maximum atomic E-state index is 10.3. The van der Waals surface area contributed by atoms with Gasteiger partial charge in [-0.15, -0.1) is 0 Å². The van der Waals surface area contributed by atoms with Crippen LogP contribution in [0.3, 0.4) is 0 Å². The fourth-order valence-corrected chi connectivity index (χ4v) is 0.951. The lowest BCUT2D eigenvalue weighted by molar-refractivity contribution is -0.394. The average Bonchev–Trinajstić information content (AvgIpc) is 2.68. The summed E-state index contributed by atoms with van der Waals surface area (Å²) >= 11 is 0. The predicted molar refractivity (Wildman–Crippen MR) is 45.8 cm³/mol. The van der Waals surface area contributed by atoms with Crippen molar-refractivity contribution in [3.63, 3.8) is 0 Å². The van der Waals surface area contributed by atoms with Crippen molar-refractivity contribution in [3.8, 4) is 5.69 Å². The number of benzene rings is 1. The monoisotopic (exact) mass is 191 g/mol. The zero-order valence-corrected chi connectivity index (χ0v) is 6.94. The first kappa shape index (κ1) is 8.30. The number of nitrogens with zero attached hydrogens (tertiary/aromatic N) is 5. The highest BCUT2D eigenvalue weighted by Crippen LogP contribution is 2.05. The van der Waals surface area contributed by atoms with Gasteiger partial charge in [0.15, 0.2) is 0 Å². The third-order valence-corrected chi connectivity index (χ3v) is 1.55. The molecule has 0 aliphatic heterocycles. The van der Waals surface area contributed by atoms with Crippen LogP contribution in [0.15, 0.2) is 30.3 Å². The maximum absolute atomic E-state index is 10.3. The van der Waals surface area contributed by atoms with Crippen LogP contribution >= 0.6 is 0 Å². The van der Waals surface area contributed by atoms with E-state index >= 15 is 0 Å². The molecule has 1 aromatic heterocycles. The molecule has 0 unspecified atom stereocenters. The summed E-state index contributed by atoms with van der Waals surface area (Å²) in [6.45, 7) is 0. The van der Waals surface area contributed by atoms with E-state index in [1.54, 1.807) is 24.3 Å². The minimum atomic E-state index is -0.688. The topological polar surface area (TPSA) is 86.7 Å². The van der Waals surface area contributed by atoms with Gasteiger partial charge < -0.3 is 10.1 Å². The Balaban J connectivity index is 2.39. The molecule has 14 heavy (non-hydrogen) atoms. The largest absolute Gasteiger partial charge is 0.515 e. The molecule has 1 aromatic carbocycles. The van der Waals surface area contributed by atoms with Gasteiger partial charge in [0.1, 0.15) is 5.69 Å². The summed E-state index contributed by atoms with van der Waals surface area (Å²) < 4.78 is 0. The van der Waals surface area contributed by atoms with Crippen LogP contribution in [0.4, 0.5) is 5.95 Å². The highest BCUT2D eigenvalue weighted by atomic mass is 16.6. The lowest BCUT2D eigenvalue weighted by atomic mass is 10.3. The van der Waals surface area contributed by atoms with Crippen molar-refractivity contribution >= 4 is 5.95 Å². The Kier molecular flexibility index (Phi) is 1.90. The van der Waals surface area contributed by atoms with Crippen molar-refractivity contribution in [3.05, 3.63) is 40.4 Å². The van der Waals surface area contributed by atoms with E-state index in [0.717, 1.165) is 4.80 Å². The van der Waals surface area contributed by atoms with Gasteiger partial charge in [-0.25, -0.2) is 0 Å². The molecule has 2 rings (SSSR count). The normalized spacial score (nSPS) is 10.0. The fraction of sp³-hybridized carbons (Fsp3) is 0. The molecular weight excluding hydrogens is 186 g/mol. The van der Waals surface area contributed by atoms with Gasteiger partial charge in [0.25, 0.3) is 0 Å². The third kappa shape index (κ3) is 1.42.